The fraction of sp³-hybridized carbons (Fsp3) is 0.625. The van der Waals surface area contributed by atoms with Crippen molar-refractivity contribution >= 4 is 0 Å². The number of para-hydroxylation sites is 2. The van der Waals surface area contributed by atoms with Gasteiger partial charge < -0.3 is 14.6 Å². The topological polar surface area (TPSA) is 38.7 Å². The summed E-state index contributed by atoms with van der Waals surface area (Å²) in [4.78, 5) is 0. The Kier molecular flexibility index (Phi) is 5.52. The van der Waals surface area contributed by atoms with Crippen LogP contribution in [0.15, 0.2) is 24.3 Å². The van der Waals surface area contributed by atoms with Gasteiger partial charge in [0.15, 0.2) is 11.5 Å². The Hall–Kier alpha value is -1.22. The van der Waals surface area contributed by atoms with E-state index < -0.39 is 0 Å². The molecule has 1 aliphatic rings. The summed E-state index contributed by atoms with van der Waals surface area (Å²) in [5, 5.41) is 9.57. The Balaban J connectivity index is 1.91. The van der Waals surface area contributed by atoms with Gasteiger partial charge >= 0.3 is 0 Å². The molecular weight excluding hydrogens is 240 g/mol. The minimum atomic E-state index is 0.208. The SMILES string of the molecule is COc1ccccc1OCC(CO)C1CCCCC1. The van der Waals surface area contributed by atoms with Crippen LogP contribution in [0.2, 0.25) is 0 Å². The van der Waals surface area contributed by atoms with Crippen LogP contribution in [0.25, 0.3) is 0 Å². The van der Waals surface area contributed by atoms with Gasteiger partial charge in [0.1, 0.15) is 0 Å². The molecule has 1 aromatic carbocycles. The normalized spacial score (nSPS) is 18.0. The van der Waals surface area contributed by atoms with E-state index in [0.29, 0.717) is 12.5 Å². The van der Waals surface area contributed by atoms with Crippen molar-refractivity contribution in [2.75, 3.05) is 20.3 Å². The van der Waals surface area contributed by atoms with Gasteiger partial charge in [-0.3, -0.25) is 0 Å². The van der Waals surface area contributed by atoms with Gasteiger partial charge in [-0.05, 0) is 30.9 Å². The number of hydrogen-bond donors (Lipinski definition) is 1. The van der Waals surface area contributed by atoms with Gasteiger partial charge in [-0.2, -0.15) is 0 Å². The summed E-state index contributed by atoms with van der Waals surface area (Å²) in [5.74, 6) is 2.36. The lowest BCUT2D eigenvalue weighted by molar-refractivity contribution is 0.0969. The zero-order chi connectivity index (χ0) is 13.5. The molecule has 0 amide bonds. The maximum absolute atomic E-state index is 9.57. The molecule has 1 atom stereocenters. The van der Waals surface area contributed by atoms with Crippen molar-refractivity contribution in [1.82, 2.24) is 0 Å². The van der Waals surface area contributed by atoms with Gasteiger partial charge in [-0.15, -0.1) is 0 Å². The van der Waals surface area contributed by atoms with Gasteiger partial charge in [-0.1, -0.05) is 31.4 Å². The molecule has 3 nitrogen and oxygen atoms in total. The summed E-state index contributed by atoms with van der Waals surface area (Å²) in [6, 6.07) is 7.67. The first-order valence-corrected chi connectivity index (χ1v) is 7.22. The van der Waals surface area contributed by atoms with Gasteiger partial charge in [0, 0.05) is 12.5 Å². The number of methoxy groups -OCH3 is 1. The Labute approximate surface area is 115 Å². The van der Waals surface area contributed by atoms with E-state index in [4.69, 9.17) is 9.47 Å². The second-order valence-electron chi connectivity index (χ2n) is 5.30. The molecule has 1 aromatic rings. The molecule has 0 saturated heterocycles. The molecule has 2 rings (SSSR count). The Bertz CT molecular complexity index is 372. The summed E-state index contributed by atoms with van der Waals surface area (Å²) in [5.41, 5.74) is 0. The smallest absolute Gasteiger partial charge is 0.161 e. The molecule has 0 spiro atoms. The average molecular weight is 264 g/mol. The minimum absolute atomic E-state index is 0.208. The van der Waals surface area contributed by atoms with Crippen LogP contribution in [0.5, 0.6) is 11.5 Å². The fourth-order valence-electron chi connectivity index (χ4n) is 2.88. The molecule has 19 heavy (non-hydrogen) atoms. The third-order valence-corrected chi connectivity index (χ3v) is 4.07. The summed E-state index contributed by atoms with van der Waals surface area (Å²) < 4.78 is 11.1. The highest BCUT2D eigenvalue weighted by Crippen LogP contribution is 2.32. The van der Waals surface area contributed by atoms with Crippen LogP contribution in [-0.4, -0.2) is 25.4 Å². The molecule has 0 aromatic heterocycles. The predicted molar refractivity (Wildman–Crippen MR) is 75.6 cm³/mol. The molecule has 1 saturated carbocycles. The maximum Gasteiger partial charge on any atom is 0.161 e. The number of hydrogen-bond acceptors (Lipinski definition) is 3. The lowest BCUT2D eigenvalue weighted by Crippen LogP contribution is -2.27. The molecule has 106 valence electrons. The van der Waals surface area contributed by atoms with Crippen molar-refractivity contribution in [3.8, 4) is 11.5 Å². The first-order chi connectivity index (χ1) is 9.35. The summed E-state index contributed by atoms with van der Waals surface area (Å²) in [6.45, 7) is 0.779. The third kappa shape index (κ3) is 3.87. The fourth-order valence-corrected chi connectivity index (χ4v) is 2.88. The lowest BCUT2D eigenvalue weighted by Gasteiger charge is -2.29. The molecule has 1 aliphatic carbocycles. The van der Waals surface area contributed by atoms with Crippen molar-refractivity contribution < 1.29 is 14.6 Å². The predicted octanol–water partition coefficient (Wildman–Crippen LogP) is 3.26. The van der Waals surface area contributed by atoms with E-state index in [1.165, 1.54) is 32.1 Å². The quantitative estimate of drug-likeness (QED) is 0.857. The van der Waals surface area contributed by atoms with Crippen molar-refractivity contribution in [2.45, 2.75) is 32.1 Å². The number of ether oxygens (including phenoxy) is 2. The highest BCUT2D eigenvalue weighted by Gasteiger charge is 2.23. The molecule has 1 unspecified atom stereocenters. The number of rotatable bonds is 6. The van der Waals surface area contributed by atoms with Crippen LogP contribution < -0.4 is 9.47 Å². The van der Waals surface area contributed by atoms with E-state index in [1.54, 1.807) is 7.11 Å². The number of aliphatic hydroxyl groups is 1. The summed E-state index contributed by atoms with van der Waals surface area (Å²) in [7, 11) is 1.65. The Morgan fingerprint density at radius 3 is 2.47 bits per heavy atom. The van der Waals surface area contributed by atoms with Crippen LogP contribution in [0.4, 0.5) is 0 Å². The number of aliphatic hydroxyl groups excluding tert-OH is 1. The minimum Gasteiger partial charge on any atom is -0.493 e. The summed E-state index contributed by atoms with van der Waals surface area (Å²) in [6.07, 6.45) is 6.36. The van der Waals surface area contributed by atoms with E-state index in [2.05, 4.69) is 0 Å². The van der Waals surface area contributed by atoms with E-state index in [9.17, 15) is 5.11 Å². The lowest BCUT2D eigenvalue weighted by atomic mass is 9.81. The van der Waals surface area contributed by atoms with Crippen LogP contribution in [0.1, 0.15) is 32.1 Å². The molecule has 1 N–H and O–H groups in total. The molecule has 0 heterocycles. The molecule has 3 heteroatoms. The zero-order valence-electron chi connectivity index (χ0n) is 11.7. The second-order valence-corrected chi connectivity index (χ2v) is 5.30. The van der Waals surface area contributed by atoms with E-state index >= 15 is 0 Å². The molecule has 0 bridgehead atoms. The Morgan fingerprint density at radius 2 is 1.84 bits per heavy atom. The first-order valence-electron chi connectivity index (χ1n) is 7.22. The average Bonchev–Trinajstić information content (AvgIpc) is 2.49. The van der Waals surface area contributed by atoms with Crippen LogP contribution in [0, 0.1) is 11.8 Å². The third-order valence-electron chi connectivity index (χ3n) is 4.07. The zero-order valence-corrected chi connectivity index (χ0v) is 11.7. The van der Waals surface area contributed by atoms with Gasteiger partial charge in [0.25, 0.3) is 0 Å². The van der Waals surface area contributed by atoms with Crippen LogP contribution in [0.3, 0.4) is 0 Å². The molecular formula is C16H24O3. The monoisotopic (exact) mass is 264 g/mol. The molecule has 1 fully saturated rings. The van der Waals surface area contributed by atoms with Crippen molar-refractivity contribution in [3.05, 3.63) is 24.3 Å². The largest absolute Gasteiger partial charge is 0.493 e. The Morgan fingerprint density at radius 1 is 1.16 bits per heavy atom. The van der Waals surface area contributed by atoms with E-state index in [-0.39, 0.29) is 12.5 Å². The first kappa shape index (κ1) is 14.2. The highest BCUT2D eigenvalue weighted by molar-refractivity contribution is 5.39. The number of benzene rings is 1. The maximum atomic E-state index is 9.57. The molecule has 0 radical (unpaired) electrons. The van der Waals surface area contributed by atoms with Crippen LogP contribution in [-0.2, 0) is 0 Å². The summed E-state index contributed by atoms with van der Waals surface area (Å²) >= 11 is 0. The van der Waals surface area contributed by atoms with E-state index in [1.807, 2.05) is 24.3 Å². The molecule has 0 aliphatic heterocycles. The van der Waals surface area contributed by atoms with Crippen molar-refractivity contribution in [3.63, 3.8) is 0 Å². The second kappa shape index (κ2) is 7.39. The van der Waals surface area contributed by atoms with Gasteiger partial charge in [-0.25, -0.2) is 0 Å². The van der Waals surface area contributed by atoms with E-state index in [0.717, 1.165) is 11.5 Å². The highest BCUT2D eigenvalue weighted by atomic mass is 16.5. The van der Waals surface area contributed by atoms with Crippen molar-refractivity contribution in [2.24, 2.45) is 11.8 Å². The van der Waals surface area contributed by atoms with Gasteiger partial charge in [0.05, 0.1) is 13.7 Å². The van der Waals surface area contributed by atoms with Gasteiger partial charge in [0.2, 0.25) is 0 Å². The van der Waals surface area contributed by atoms with Crippen LogP contribution >= 0.6 is 0 Å². The van der Waals surface area contributed by atoms with Crippen molar-refractivity contribution in [1.29, 1.82) is 0 Å². The standard InChI is InChI=1S/C16H24O3/c1-18-15-9-5-6-10-16(15)19-12-14(11-17)13-7-3-2-4-8-13/h5-6,9-10,13-14,17H,2-4,7-8,11-12H2,1H3.